The Bertz CT molecular complexity index is 135. The zero-order valence-electron chi connectivity index (χ0n) is 5.76. The van der Waals surface area contributed by atoms with E-state index >= 15 is 0 Å². The zero-order chi connectivity index (χ0) is 5.82. The first kappa shape index (κ1) is 8.66. The van der Waals surface area contributed by atoms with E-state index in [0.29, 0.717) is 0 Å². The van der Waals surface area contributed by atoms with E-state index in [1.54, 1.807) is 11.3 Å². The Kier molecular flexibility index (Phi) is 4.36. The molecule has 0 aromatic carbocycles. The van der Waals surface area contributed by atoms with Gasteiger partial charge in [0, 0.05) is 0 Å². The lowest BCUT2D eigenvalue weighted by Crippen LogP contribution is -1.73. The molecule has 0 saturated carbocycles. The molecular weight excluding hydrogens is 130 g/mol. The second-order valence-electron chi connectivity index (χ2n) is 1.88. The number of hydrogen-bond donors (Lipinski definition) is 1. The molecule has 1 rings (SSSR count). The number of rotatable bonds is 2. The third-order valence-electron chi connectivity index (χ3n) is 1.12. The van der Waals surface area contributed by atoms with Crippen LogP contribution in [0.5, 0.6) is 0 Å². The summed E-state index contributed by atoms with van der Waals surface area (Å²) >= 11 is 1.78. The van der Waals surface area contributed by atoms with Gasteiger partial charge in [-0.2, -0.15) is 11.3 Å². The van der Waals surface area contributed by atoms with Crippen LogP contribution in [-0.2, 0) is 6.42 Å². The first-order chi connectivity index (χ1) is 3.93. The van der Waals surface area contributed by atoms with Crippen LogP contribution in [0.2, 0.25) is 0 Å². The zero-order valence-corrected chi connectivity index (χ0v) is 6.58. The van der Waals surface area contributed by atoms with Crippen LogP contribution in [0, 0.1) is 0 Å². The molecule has 1 aromatic rings. The SMILES string of the molecule is CCCc1ccsc1.N. The summed E-state index contributed by atoms with van der Waals surface area (Å²) < 4.78 is 0. The van der Waals surface area contributed by atoms with Crippen molar-refractivity contribution in [1.82, 2.24) is 6.15 Å². The molecule has 0 aliphatic heterocycles. The first-order valence-corrected chi connectivity index (χ1v) is 3.89. The molecule has 0 spiro atoms. The fraction of sp³-hybridized carbons (Fsp3) is 0.429. The molecule has 3 N–H and O–H groups in total. The fourth-order valence-electron chi connectivity index (χ4n) is 0.724. The van der Waals surface area contributed by atoms with Crippen LogP contribution >= 0.6 is 11.3 Å². The minimum absolute atomic E-state index is 0. The summed E-state index contributed by atoms with van der Waals surface area (Å²) in [5.41, 5.74) is 1.48. The van der Waals surface area contributed by atoms with E-state index in [9.17, 15) is 0 Å². The molecule has 0 saturated heterocycles. The summed E-state index contributed by atoms with van der Waals surface area (Å²) in [4.78, 5) is 0. The summed E-state index contributed by atoms with van der Waals surface area (Å²) in [6.45, 7) is 2.21. The van der Waals surface area contributed by atoms with Crippen molar-refractivity contribution >= 4 is 11.3 Å². The molecule has 0 unspecified atom stereocenters. The molecule has 1 aromatic heterocycles. The second kappa shape index (κ2) is 4.53. The van der Waals surface area contributed by atoms with E-state index in [2.05, 4.69) is 23.8 Å². The van der Waals surface area contributed by atoms with Crippen molar-refractivity contribution in [3.8, 4) is 0 Å². The lowest BCUT2D eigenvalue weighted by atomic mass is 10.2. The fourth-order valence-corrected chi connectivity index (χ4v) is 1.43. The molecular formula is C7H13NS. The molecule has 0 bridgehead atoms. The Morgan fingerprint density at radius 2 is 2.33 bits per heavy atom. The highest BCUT2D eigenvalue weighted by Crippen LogP contribution is 2.07. The Morgan fingerprint density at radius 3 is 2.78 bits per heavy atom. The van der Waals surface area contributed by atoms with E-state index in [1.165, 1.54) is 18.4 Å². The highest BCUT2D eigenvalue weighted by molar-refractivity contribution is 7.07. The predicted octanol–water partition coefficient (Wildman–Crippen LogP) is 2.86. The quantitative estimate of drug-likeness (QED) is 0.678. The third-order valence-corrected chi connectivity index (χ3v) is 1.85. The van der Waals surface area contributed by atoms with Crippen molar-refractivity contribution in [1.29, 1.82) is 0 Å². The summed E-state index contributed by atoms with van der Waals surface area (Å²) in [7, 11) is 0. The molecule has 0 aliphatic carbocycles. The molecule has 9 heavy (non-hydrogen) atoms. The van der Waals surface area contributed by atoms with Crippen molar-refractivity contribution in [2.24, 2.45) is 0 Å². The van der Waals surface area contributed by atoms with Crippen molar-refractivity contribution in [2.45, 2.75) is 19.8 Å². The van der Waals surface area contributed by atoms with Gasteiger partial charge in [0.05, 0.1) is 0 Å². The van der Waals surface area contributed by atoms with Gasteiger partial charge in [-0.1, -0.05) is 13.3 Å². The van der Waals surface area contributed by atoms with Crippen molar-refractivity contribution in [3.05, 3.63) is 22.4 Å². The molecule has 1 heterocycles. The average Bonchev–Trinajstić information content (AvgIpc) is 2.19. The van der Waals surface area contributed by atoms with Crippen LogP contribution in [0.25, 0.3) is 0 Å². The summed E-state index contributed by atoms with van der Waals surface area (Å²) in [5, 5.41) is 4.34. The van der Waals surface area contributed by atoms with Crippen molar-refractivity contribution < 1.29 is 0 Å². The summed E-state index contributed by atoms with van der Waals surface area (Å²) in [6.07, 6.45) is 2.50. The highest BCUT2D eigenvalue weighted by atomic mass is 32.1. The van der Waals surface area contributed by atoms with Gasteiger partial charge in [0.25, 0.3) is 0 Å². The molecule has 0 amide bonds. The van der Waals surface area contributed by atoms with E-state index in [1.807, 2.05) is 0 Å². The van der Waals surface area contributed by atoms with Crippen molar-refractivity contribution in [3.63, 3.8) is 0 Å². The van der Waals surface area contributed by atoms with Gasteiger partial charge >= 0.3 is 0 Å². The van der Waals surface area contributed by atoms with E-state index in [4.69, 9.17) is 0 Å². The Labute approximate surface area is 60.3 Å². The lowest BCUT2D eigenvalue weighted by molar-refractivity contribution is 0.927. The van der Waals surface area contributed by atoms with Crippen LogP contribution in [-0.4, -0.2) is 0 Å². The maximum Gasteiger partial charge on any atom is -0.00613 e. The van der Waals surface area contributed by atoms with Crippen LogP contribution in [0.4, 0.5) is 0 Å². The lowest BCUT2D eigenvalue weighted by Gasteiger charge is -1.86. The van der Waals surface area contributed by atoms with Gasteiger partial charge < -0.3 is 6.15 Å². The Balaban J connectivity index is 0.000000640. The van der Waals surface area contributed by atoms with E-state index in [-0.39, 0.29) is 6.15 Å². The maximum absolute atomic E-state index is 2.21. The van der Waals surface area contributed by atoms with Crippen molar-refractivity contribution in [2.75, 3.05) is 0 Å². The largest absolute Gasteiger partial charge is 0.344 e. The predicted molar refractivity (Wildman–Crippen MR) is 43.3 cm³/mol. The Morgan fingerprint density at radius 1 is 1.56 bits per heavy atom. The van der Waals surface area contributed by atoms with Crippen LogP contribution in [0.15, 0.2) is 16.8 Å². The molecule has 0 fully saturated rings. The molecule has 0 aliphatic rings. The highest BCUT2D eigenvalue weighted by Gasteiger charge is 1.86. The molecule has 52 valence electrons. The minimum Gasteiger partial charge on any atom is -0.344 e. The monoisotopic (exact) mass is 143 g/mol. The summed E-state index contributed by atoms with van der Waals surface area (Å²) in [6, 6.07) is 2.19. The number of hydrogen-bond acceptors (Lipinski definition) is 2. The van der Waals surface area contributed by atoms with Crippen LogP contribution in [0.1, 0.15) is 18.9 Å². The third kappa shape index (κ3) is 2.63. The van der Waals surface area contributed by atoms with Gasteiger partial charge in [-0.25, -0.2) is 0 Å². The molecule has 0 atom stereocenters. The summed E-state index contributed by atoms with van der Waals surface area (Å²) in [5.74, 6) is 0. The van der Waals surface area contributed by atoms with Gasteiger partial charge in [0.2, 0.25) is 0 Å². The van der Waals surface area contributed by atoms with Gasteiger partial charge in [0.1, 0.15) is 0 Å². The van der Waals surface area contributed by atoms with Gasteiger partial charge in [-0.05, 0) is 28.8 Å². The molecule has 0 radical (unpaired) electrons. The normalized spacial score (nSPS) is 8.56. The average molecular weight is 143 g/mol. The van der Waals surface area contributed by atoms with E-state index < -0.39 is 0 Å². The number of aryl methyl sites for hydroxylation is 1. The molecule has 1 nitrogen and oxygen atoms in total. The van der Waals surface area contributed by atoms with Crippen LogP contribution < -0.4 is 6.15 Å². The first-order valence-electron chi connectivity index (χ1n) is 2.94. The number of thiophene rings is 1. The van der Waals surface area contributed by atoms with E-state index in [0.717, 1.165) is 0 Å². The van der Waals surface area contributed by atoms with Crippen LogP contribution in [0.3, 0.4) is 0 Å². The Hall–Kier alpha value is -0.340. The smallest absolute Gasteiger partial charge is 0.00613 e. The van der Waals surface area contributed by atoms with Gasteiger partial charge in [-0.3, -0.25) is 0 Å². The minimum atomic E-state index is 0. The van der Waals surface area contributed by atoms with Gasteiger partial charge in [0.15, 0.2) is 0 Å². The maximum atomic E-state index is 2.21. The van der Waals surface area contributed by atoms with Gasteiger partial charge in [-0.15, -0.1) is 0 Å². The molecule has 2 heteroatoms. The standard InChI is InChI=1S/C7H10S.H3N/c1-2-3-7-4-5-8-6-7;/h4-6H,2-3H2,1H3;1H3. The topological polar surface area (TPSA) is 35.0 Å². The second-order valence-corrected chi connectivity index (χ2v) is 2.66.